The molecule has 20 heavy (non-hydrogen) atoms. The van der Waals surface area contributed by atoms with Crippen LogP contribution in [0.4, 0.5) is 5.69 Å². The highest BCUT2D eigenvalue weighted by molar-refractivity contribution is 5.55. The summed E-state index contributed by atoms with van der Waals surface area (Å²) in [5.41, 5.74) is 2.92. The van der Waals surface area contributed by atoms with Crippen LogP contribution in [0, 0.1) is 12.8 Å². The Morgan fingerprint density at radius 1 is 1.15 bits per heavy atom. The van der Waals surface area contributed by atoms with E-state index < -0.39 is 0 Å². The van der Waals surface area contributed by atoms with Crippen molar-refractivity contribution in [3.63, 3.8) is 0 Å². The van der Waals surface area contributed by atoms with Crippen LogP contribution in [0.3, 0.4) is 0 Å². The second-order valence-corrected chi connectivity index (χ2v) is 5.43. The lowest BCUT2D eigenvalue weighted by Gasteiger charge is -2.25. The summed E-state index contributed by atoms with van der Waals surface area (Å²) in [6.07, 6.45) is 8.18. The van der Waals surface area contributed by atoms with E-state index in [1.54, 1.807) is 12.2 Å². The predicted octanol–water partition coefficient (Wildman–Crippen LogP) is 3.40. The van der Waals surface area contributed by atoms with Crippen molar-refractivity contribution in [3.8, 4) is 0 Å². The third-order valence-corrected chi connectivity index (χ3v) is 3.97. The van der Waals surface area contributed by atoms with Crippen LogP contribution in [0.2, 0.25) is 0 Å². The molecule has 0 unspecified atom stereocenters. The van der Waals surface area contributed by atoms with Crippen molar-refractivity contribution >= 4 is 17.8 Å². The number of hydrogen-bond acceptors (Lipinski definition) is 4. The Morgan fingerprint density at radius 2 is 1.90 bits per heavy atom. The molecule has 0 atom stereocenters. The van der Waals surface area contributed by atoms with E-state index in [2.05, 4.69) is 9.98 Å². The van der Waals surface area contributed by atoms with Crippen molar-refractivity contribution in [2.24, 2.45) is 15.9 Å². The van der Waals surface area contributed by atoms with Crippen LogP contribution in [0.25, 0.3) is 0 Å². The zero-order chi connectivity index (χ0) is 14.4. The van der Waals surface area contributed by atoms with E-state index in [0.717, 1.165) is 48.9 Å². The molecule has 1 aromatic rings. The van der Waals surface area contributed by atoms with E-state index in [1.165, 1.54) is 0 Å². The number of hydrogen-bond donors (Lipinski definition) is 0. The van der Waals surface area contributed by atoms with E-state index in [0.29, 0.717) is 5.92 Å². The minimum Gasteiger partial charge on any atom is -0.211 e. The number of nitrogens with zero attached hydrogens (tertiary/aromatic N) is 2. The van der Waals surface area contributed by atoms with Gasteiger partial charge in [0.25, 0.3) is 0 Å². The van der Waals surface area contributed by atoms with Crippen LogP contribution < -0.4 is 0 Å². The summed E-state index contributed by atoms with van der Waals surface area (Å²) in [5, 5.41) is 0. The summed E-state index contributed by atoms with van der Waals surface area (Å²) < 4.78 is 0. The number of aryl methyl sites for hydroxylation is 1. The molecule has 104 valence electrons. The molecule has 4 heteroatoms. The standard InChI is InChI=1S/C16H18N2O2/c1-12-2-5-14(16(8-12)18-11-20)9-13-3-6-15(7-4-13)17-10-19/h2,5,8,13,15H,3-4,6-7,9H2,1H3. The minimum absolute atomic E-state index is 0.147. The van der Waals surface area contributed by atoms with E-state index in [4.69, 9.17) is 0 Å². The van der Waals surface area contributed by atoms with Gasteiger partial charge in [-0.05, 0) is 62.1 Å². The third kappa shape index (κ3) is 3.74. The molecule has 0 aliphatic heterocycles. The van der Waals surface area contributed by atoms with Crippen LogP contribution in [0.1, 0.15) is 36.8 Å². The van der Waals surface area contributed by atoms with Gasteiger partial charge in [0.2, 0.25) is 12.2 Å². The molecule has 1 aliphatic rings. The maximum absolute atomic E-state index is 10.5. The maximum atomic E-state index is 10.5. The van der Waals surface area contributed by atoms with Gasteiger partial charge >= 0.3 is 0 Å². The number of rotatable bonds is 4. The fourth-order valence-electron chi connectivity index (χ4n) is 2.86. The Hall–Kier alpha value is -2.02. The first kappa shape index (κ1) is 14.4. The number of aliphatic imine (C=N–C) groups is 2. The Kier molecular flexibility index (Phi) is 5.00. The van der Waals surface area contributed by atoms with Gasteiger partial charge in [-0.25, -0.2) is 14.6 Å². The largest absolute Gasteiger partial charge is 0.240 e. The predicted molar refractivity (Wildman–Crippen MR) is 76.5 cm³/mol. The molecule has 4 nitrogen and oxygen atoms in total. The van der Waals surface area contributed by atoms with Crippen LogP contribution in [0.15, 0.2) is 28.2 Å². The van der Waals surface area contributed by atoms with Crippen molar-refractivity contribution in [1.82, 2.24) is 0 Å². The molecule has 1 fully saturated rings. The monoisotopic (exact) mass is 270 g/mol. The summed E-state index contributed by atoms with van der Waals surface area (Å²) in [7, 11) is 0. The molecular weight excluding hydrogens is 252 g/mol. The second kappa shape index (κ2) is 6.95. The van der Waals surface area contributed by atoms with Gasteiger partial charge in [0, 0.05) is 0 Å². The Balaban J connectivity index is 2.04. The maximum Gasteiger partial charge on any atom is 0.240 e. The summed E-state index contributed by atoms with van der Waals surface area (Å²) in [5.74, 6) is 0.566. The van der Waals surface area contributed by atoms with Crippen LogP contribution in [0.5, 0.6) is 0 Å². The highest BCUT2D eigenvalue weighted by atomic mass is 16.1. The first-order valence-corrected chi connectivity index (χ1v) is 6.97. The van der Waals surface area contributed by atoms with Gasteiger partial charge in [0.15, 0.2) is 0 Å². The normalized spacial score (nSPS) is 21.6. The molecular formula is C16H18N2O2. The zero-order valence-electron chi connectivity index (χ0n) is 11.6. The van der Waals surface area contributed by atoms with E-state index >= 15 is 0 Å². The molecule has 1 aliphatic carbocycles. The molecule has 1 aromatic carbocycles. The lowest BCUT2D eigenvalue weighted by atomic mass is 9.82. The van der Waals surface area contributed by atoms with Gasteiger partial charge in [-0.15, -0.1) is 0 Å². The molecule has 0 aromatic heterocycles. The minimum atomic E-state index is 0.147. The third-order valence-electron chi connectivity index (χ3n) is 3.97. The topological polar surface area (TPSA) is 58.9 Å². The van der Waals surface area contributed by atoms with Crippen molar-refractivity contribution in [1.29, 1.82) is 0 Å². The number of isocyanates is 2. The summed E-state index contributed by atoms with van der Waals surface area (Å²) in [6, 6.07) is 6.15. The SMILES string of the molecule is Cc1ccc(CC2CCC(N=C=O)CC2)c(N=C=O)c1. The highest BCUT2D eigenvalue weighted by Gasteiger charge is 2.21. The summed E-state index contributed by atoms with van der Waals surface area (Å²) in [4.78, 5) is 28.4. The van der Waals surface area contributed by atoms with Crippen molar-refractivity contribution in [2.45, 2.75) is 45.1 Å². The van der Waals surface area contributed by atoms with Crippen molar-refractivity contribution in [2.75, 3.05) is 0 Å². The second-order valence-electron chi connectivity index (χ2n) is 5.43. The fraction of sp³-hybridized carbons (Fsp3) is 0.500. The molecule has 0 radical (unpaired) electrons. The molecule has 0 saturated heterocycles. The summed E-state index contributed by atoms with van der Waals surface area (Å²) in [6.45, 7) is 1.98. The molecule has 0 amide bonds. The molecule has 0 spiro atoms. The van der Waals surface area contributed by atoms with Gasteiger partial charge in [-0.1, -0.05) is 12.1 Å². The smallest absolute Gasteiger partial charge is 0.211 e. The molecule has 2 rings (SSSR count). The van der Waals surface area contributed by atoms with Crippen molar-refractivity contribution in [3.05, 3.63) is 29.3 Å². The average Bonchev–Trinajstić information content (AvgIpc) is 2.44. The number of benzene rings is 1. The first-order chi connectivity index (χ1) is 9.72. The lowest BCUT2D eigenvalue weighted by Crippen LogP contribution is -2.18. The van der Waals surface area contributed by atoms with Gasteiger partial charge in [-0.3, -0.25) is 0 Å². The van der Waals surface area contributed by atoms with E-state index in [9.17, 15) is 9.59 Å². The van der Waals surface area contributed by atoms with Gasteiger partial charge in [-0.2, -0.15) is 4.99 Å². The van der Waals surface area contributed by atoms with E-state index in [1.807, 2.05) is 25.1 Å². The number of carbonyl (C=O) groups excluding carboxylic acids is 2. The first-order valence-electron chi connectivity index (χ1n) is 6.97. The molecule has 1 saturated carbocycles. The van der Waals surface area contributed by atoms with Crippen molar-refractivity contribution < 1.29 is 9.59 Å². The molecule has 0 bridgehead atoms. The van der Waals surface area contributed by atoms with Crippen LogP contribution >= 0.6 is 0 Å². The average molecular weight is 270 g/mol. The Bertz CT molecular complexity index is 562. The molecule has 0 heterocycles. The van der Waals surface area contributed by atoms with Gasteiger partial charge in [0.05, 0.1) is 11.7 Å². The molecule has 0 N–H and O–H groups in total. The van der Waals surface area contributed by atoms with E-state index in [-0.39, 0.29) is 6.04 Å². The van der Waals surface area contributed by atoms with Gasteiger partial charge < -0.3 is 0 Å². The highest BCUT2D eigenvalue weighted by Crippen LogP contribution is 2.31. The quantitative estimate of drug-likeness (QED) is 0.622. The Morgan fingerprint density at radius 3 is 2.55 bits per heavy atom. The summed E-state index contributed by atoms with van der Waals surface area (Å²) >= 11 is 0. The zero-order valence-corrected chi connectivity index (χ0v) is 11.6. The van der Waals surface area contributed by atoms with Crippen LogP contribution in [-0.2, 0) is 16.0 Å². The lowest BCUT2D eigenvalue weighted by molar-refractivity contribution is 0.325. The fourth-order valence-corrected chi connectivity index (χ4v) is 2.86. The Labute approximate surface area is 118 Å². The van der Waals surface area contributed by atoms with Crippen LogP contribution in [-0.4, -0.2) is 18.2 Å². The van der Waals surface area contributed by atoms with Gasteiger partial charge in [0.1, 0.15) is 0 Å².